The largest absolute Gasteiger partial charge is 0.340 e. The van der Waals surface area contributed by atoms with Gasteiger partial charge in [0.05, 0.1) is 6.54 Å². The van der Waals surface area contributed by atoms with E-state index in [1.165, 1.54) is 18.4 Å². The van der Waals surface area contributed by atoms with Crippen LogP contribution in [-0.4, -0.2) is 55.0 Å². The summed E-state index contributed by atoms with van der Waals surface area (Å²) in [6.07, 6.45) is 2.53. The number of hydrogen-bond acceptors (Lipinski definition) is 3. The summed E-state index contributed by atoms with van der Waals surface area (Å²) in [5.74, 6) is 0.970. The molecule has 2 aliphatic heterocycles. The predicted octanol–water partition coefficient (Wildman–Crippen LogP) is 1.33. The number of nitrogens with one attached hydrogen (secondary N) is 1. The first-order valence-electron chi connectivity index (χ1n) is 7.96. The summed E-state index contributed by atoms with van der Waals surface area (Å²) in [5, 5.41) is 3.47. The second-order valence-corrected chi connectivity index (χ2v) is 6.33. The molecule has 2 saturated heterocycles. The van der Waals surface area contributed by atoms with E-state index in [0.717, 1.165) is 25.6 Å². The lowest BCUT2D eigenvalue weighted by Crippen LogP contribution is -2.49. The van der Waals surface area contributed by atoms with E-state index < -0.39 is 0 Å². The average molecular weight is 287 g/mol. The van der Waals surface area contributed by atoms with Crippen molar-refractivity contribution in [2.24, 2.45) is 5.92 Å². The number of likely N-dealkylation sites (N-methyl/N-ethyl adjacent to an activating group) is 1. The summed E-state index contributed by atoms with van der Waals surface area (Å²) in [6.45, 7) is 4.48. The Balaban J connectivity index is 1.55. The Morgan fingerprint density at radius 1 is 1.33 bits per heavy atom. The van der Waals surface area contributed by atoms with Crippen LogP contribution >= 0.6 is 0 Å². The first-order valence-corrected chi connectivity index (χ1v) is 7.96. The minimum absolute atomic E-state index is 0.228. The van der Waals surface area contributed by atoms with Crippen LogP contribution < -0.4 is 5.32 Å². The second-order valence-electron chi connectivity index (χ2n) is 6.33. The Morgan fingerprint density at radius 3 is 2.95 bits per heavy atom. The summed E-state index contributed by atoms with van der Waals surface area (Å²) in [7, 11) is 1.91. The first kappa shape index (κ1) is 14.5. The highest BCUT2D eigenvalue weighted by molar-refractivity contribution is 5.78. The molecule has 1 aromatic rings. The van der Waals surface area contributed by atoms with Gasteiger partial charge in [0.15, 0.2) is 0 Å². The van der Waals surface area contributed by atoms with Crippen molar-refractivity contribution in [1.82, 2.24) is 15.1 Å². The van der Waals surface area contributed by atoms with Crippen molar-refractivity contribution in [3.63, 3.8) is 0 Å². The van der Waals surface area contributed by atoms with E-state index in [9.17, 15) is 4.79 Å². The highest BCUT2D eigenvalue weighted by atomic mass is 16.2. The molecule has 1 N–H and O–H groups in total. The molecule has 0 saturated carbocycles. The van der Waals surface area contributed by atoms with Gasteiger partial charge in [0.1, 0.15) is 0 Å². The predicted molar refractivity (Wildman–Crippen MR) is 83.9 cm³/mol. The van der Waals surface area contributed by atoms with Crippen molar-refractivity contribution in [2.45, 2.75) is 25.4 Å². The zero-order valence-corrected chi connectivity index (χ0v) is 12.8. The highest BCUT2D eigenvalue weighted by Gasteiger charge is 2.35. The van der Waals surface area contributed by atoms with Gasteiger partial charge in [-0.05, 0) is 37.4 Å². The minimum atomic E-state index is 0.228. The molecule has 0 aliphatic carbocycles. The maximum atomic E-state index is 12.5. The van der Waals surface area contributed by atoms with Gasteiger partial charge in [0, 0.05) is 26.2 Å². The number of rotatable bonds is 4. The maximum absolute atomic E-state index is 12.5. The molecule has 4 heteroatoms. The number of carbonyl (C=O) groups excluding carboxylic acids is 1. The molecule has 0 bridgehead atoms. The molecule has 2 atom stereocenters. The summed E-state index contributed by atoms with van der Waals surface area (Å²) < 4.78 is 0. The van der Waals surface area contributed by atoms with Crippen LogP contribution in [0.2, 0.25) is 0 Å². The van der Waals surface area contributed by atoms with E-state index in [1.807, 2.05) is 30.1 Å². The Morgan fingerprint density at radius 2 is 2.14 bits per heavy atom. The third-order valence-corrected chi connectivity index (χ3v) is 4.82. The quantitative estimate of drug-likeness (QED) is 0.907. The SMILES string of the molecule is CN(Cc1ccccc1)C(=O)CN1CCCC2CNCC21. The molecule has 21 heavy (non-hydrogen) atoms. The van der Waals surface area contributed by atoms with Crippen LogP contribution in [0.25, 0.3) is 0 Å². The second kappa shape index (κ2) is 6.58. The first-order chi connectivity index (χ1) is 10.2. The van der Waals surface area contributed by atoms with Crippen LogP contribution in [0.15, 0.2) is 30.3 Å². The fraction of sp³-hybridized carbons (Fsp3) is 0.588. The standard InChI is InChI=1S/C17H25N3O/c1-19(12-14-6-3-2-4-7-14)17(21)13-20-9-5-8-15-10-18-11-16(15)20/h2-4,6-7,15-16,18H,5,8-13H2,1H3. The molecule has 0 spiro atoms. The molecule has 2 aliphatic rings. The smallest absolute Gasteiger partial charge is 0.236 e. The Kier molecular flexibility index (Phi) is 4.56. The zero-order chi connectivity index (χ0) is 14.7. The maximum Gasteiger partial charge on any atom is 0.236 e. The van der Waals surface area contributed by atoms with Crippen molar-refractivity contribution < 1.29 is 4.79 Å². The number of amides is 1. The molecule has 4 nitrogen and oxygen atoms in total. The normalized spacial score (nSPS) is 25.6. The van der Waals surface area contributed by atoms with Gasteiger partial charge in [-0.2, -0.15) is 0 Å². The molecule has 2 heterocycles. The van der Waals surface area contributed by atoms with Gasteiger partial charge >= 0.3 is 0 Å². The number of benzene rings is 1. The average Bonchev–Trinajstić information content (AvgIpc) is 2.98. The van der Waals surface area contributed by atoms with E-state index in [4.69, 9.17) is 0 Å². The van der Waals surface area contributed by atoms with E-state index in [1.54, 1.807) is 0 Å². The summed E-state index contributed by atoms with van der Waals surface area (Å²) in [5.41, 5.74) is 1.19. The molecule has 0 radical (unpaired) electrons. The molecule has 3 rings (SSSR count). The Labute approximate surface area is 127 Å². The van der Waals surface area contributed by atoms with Gasteiger partial charge in [-0.3, -0.25) is 9.69 Å². The molecule has 2 unspecified atom stereocenters. The van der Waals surface area contributed by atoms with Gasteiger partial charge < -0.3 is 10.2 Å². The number of fused-ring (bicyclic) bond motifs is 1. The van der Waals surface area contributed by atoms with Crippen LogP contribution in [0.5, 0.6) is 0 Å². The van der Waals surface area contributed by atoms with Gasteiger partial charge in [-0.25, -0.2) is 0 Å². The third-order valence-electron chi connectivity index (χ3n) is 4.82. The molecular weight excluding hydrogens is 262 g/mol. The molecule has 2 fully saturated rings. The lowest BCUT2D eigenvalue weighted by atomic mass is 9.92. The van der Waals surface area contributed by atoms with Gasteiger partial charge in [-0.15, -0.1) is 0 Å². The number of likely N-dealkylation sites (tertiary alicyclic amines) is 1. The zero-order valence-electron chi connectivity index (χ0n) is 12.8. The van der Waals surface area contributed by atoms with Gasteiger partial charge in [0.2, 0.25) is 5.91 Å². The van der Waals surface area contributed by atoms with E-state index in [-0.39, 0.29) is 5.91 Å². The molecule has 0 aromatic heterocycles. The van der Waals surface area contributed by atoms with Crippen LogP contribution in [0.3, 0.4) is 0 Å². The fourth-order valence-electron chi connectivity index (χ4n) is 3.60. The Hall–Kier alpha value is -1.39. The van der Waals surface area contributed by atoms with E-state index in [2.05, 4.69) is 22.3 Å². The van der Waals surface area contributed by atoms with Crippen molar-refractivity contribution >= 4 is 5.91 Å². The summed E-state index contributed by atoms with van der Waals surface area (Å²) in [4.78, 5) is 16.7. The lowest BCUT2D eigenvalue weighted by Gasteiger charge is -2.37. The van der Waals surface area contributed by atoms with Gasteiger partial charge in [-0.1, -0.05) is 30.3 Å². The minimum Gasteiger partial charge on any atom is -0.340 e. The van der Waals surface area contributed by atoms with Crippen molar-refractivity contribution in [1.29, 1.82) is 0 Å². The molecular formula is C17H25N3O. The number of hydrogen-bond donors (Lipinski definition) is 1. The topological polar surface area (TPSA) is 35.6 Å². The number of piperidine rings is 1. The van der Waals surface area contributed by atoms with Crippen LogP contribution in [0.4, 0.5) is 0 Å². The summed E-state index contributed by atoms with van der Waals surface area (Å²) >= 11 is 0. The molecule has 114 valence electrons. The van der Waals surface area contributed by atoms with Crippen LogP contribution in [-0.2, 0) is 11.3 Å². The molecule has 1 aromatic carbocycles. The van der Waals surface area contributed by atoms with Gasteiger partial charge in [0.25, 0.3) is 0 Å². The van der Waals surface area contributed by atoms with Crippen molar-refractivity contribution in [3.8, 4) is 0 Å². The molecule has 1 amide bonds. The number of nitrogens with zero attached hydrogens (tertiary/aromatic N) is 2. The van der Waals surface area contributed by atoms with E-state index >= 15 is 0 Å². The number of carbonyl (C=O) groups is 1. The van der Waals surface area contributed by atoms with E-state index in [0.29, 0.717) is 19.1 Å². The Bertz CT molecular complexity index is 476. The van der Waals surface area contributed by atoms with Crippen molar-refractivity contribution in [3.05, 3.63) is 35.9 Å². The van der Waals surface area contributed by atoms with Crippen LogP contribution in [0.1, 0.15) is 18.4 Å². The third kappa shape index (κ3) is 3.44. The van der Waals surface area contributed by atoms with Crippen molar-refractivity contribution in [2.75, 3.05) is 33.2 Å². The lowest BCUT2D eigenvalue weighted by molar-refractivity contribution is -0.132. The van der Waals surface area contributed by atoms with Crippen LogP contribution in [0, 0.1) is 5.92 Å². The monoisotopic (exact) mass is 287 g/mol. The summed E-state index contributed by atoms with van der Waals surface area (Å²) in [6, 6.07) is 10.8. The fourth-order valence-corrected chi connectivity index (χ4v) is 3.60. The highest BCUT2D eigenvalue weighted by Crippen LogP contribution is 2.26.